The number of amides is 1. The fourth-order valence-electron chi connectivity index (χ4n) is 2.96. The van der Waals surface area contributed by atoms with Gasteiger partial charge in [-0.3, -0.25) is 14.9 Å². The molecule has 0 heterocycles. The van der Waals surface area contributed by atoms with Gasteiger partial charge in [0.1, 0.15) is 17.3 Å². The summed E-state index contributed by atoms with van der Waals surface area (Å²) in [6.45, 7) is 0.391. The Morgan fingerprint density at radius 3 is 2.43 bits per heavy atom. The minimum Gasteiger partial charge on any atom is -0.497 e. The number of benzene rings is 3. The molecule has 3 aromatic rings. The third-order valence-corrected chi connectivity index (χ3v) is 4.42. The maximum absolute atomic E-state index is 13.3. The molecule has 0 unspecified atom stereocenters. The van der Waals surface area contributed by atoms with Gasteiger partial charge in [0.05, 0.1) is 24.6 Å². The van der Waals surface area contributed by atoms with E-state index in [0.29, 0.717) is 12.3 Å². The predicted molar refractivity (Wildman–Crippen MR) is 112 cm³/mol. The molecule has 0 radical (unpaired) electrons. The maximum atomic E-state index is 13.3. The molecule has 0 aliphatic rings. The summed E-state index contributed by atoms with van der Waals surface area (Å²) in [5.41, 5.74) is 1.22. The number of nitrogens with one attached hydrogen (secondary N) is 1. The first kappa shape index (κ1) is 20.8. The minimum absolute atomic E-state index is 0.0548. The number of carbonyl (C=O) groups excluding carboxylic acids is 1. The number of halogens is 1. The number of nitro groups is 1. The summed E-state index contributed by atoms with van der Waals surface area (Å²) < 4.78 is 18.5. The van der Waals surface area contributed by atoms with Crippen molar-refractivity contribution in [1.29, 1.82) is 0 Å². The van der Waals surface area contributed by atoms with Crippen LogP contribution < -0.4 is 15.0 Å². The summed E-state index contributed by atoms with van der Waals surface area (Å²) in [5, 5.41) is 13.7. The highest BCUT2D eigenvalue weighted by atomic mass is 19.1. The van der Waals surface area contributed by atoms with Gasteiger partial charge >= 0.3 is 0 Å². The van der Waals surface area contributed by atoms with Crippen molar-refractivity contribution in [2.24, 2.45) is 0 Å². The molecule has 0 fully saturated rings. The van der Waals surface area contributed by atoms with Gasteiger partial charge in [-0.05, 0) is 42.0 Å². The van der Waals surface area contributed by atoms with E-state index in [1.165, 1.54) is 6.07 Å². The van der Waals surface area contributed by atoms with E-state index in [1.54, 1.807) is 19.2 Å². The Bertz CT molecular complexity index is 1030. The van der Waals surface area contributed by atoms with Crippen LogP contribution in [0.5, 0.6) is 5.75 Å². The summed E-state index contributed by atoms with van der Waals surface area (Å²) in [5.74, 6) is -0.523. The highest BCUT2D eigenvalue weighted by Gasteiger charge is 2.19. The lowest BCUT2D eigenvalue weighted by Gasteiger charge is -2.24. The molecule has 8 heteroatoms. The first-order valence-corrected chi connectivity index (χ1v) is 9.13. The van der Waals surface area contributed by atoms with Crippen molar-refractivity contribution in [3.8, 4) is 5.75 Å². The molecule has 154 valence electrons. The molecule has 0 aliphatic carbocycles. The lowest BCUT2D eigenvalue weighted by atomic mass is 10.2. The van der Waals surface area contributed by atoms with Crippen LogP contribution in [0.15, 0.2) is 72.8 Å². The molecule has 0 aliphatic heterocycles. The molecule has 1 amide bonds. The second-order valence-corrected chi connectivity index (χ2v) is 6.51. The van der Waals surface area contributed by atoms with E-state index in [-0.39, 0.29) is 12.2 Å². The second kappa shape index (κ2) is 9.51. The Morgan fingerprint density at radius 1 is 1.10 bits per heavy atom. The van der Waals surface area contributed by atoms with Gasteiger partial charge in [0.25, 0.3) is 5.69 Å². The van der Waals surface area contributed by atoms with Crippen LogP contribution in [0.2, 0.25) is 0 Å². The molecular formula is C22H20FN3O4. The van der Waals surface area contributed by atoms with Crippen molar-refractivity contribution in [1.82, 2.24) is 0 Å². The Labute approximate surface area is 172 Å². The van der Waals surface area contributed by atoms with E-state index in [1.807, 2.05) is 47.4 Å². The number of nitrogens with zero attached hydrogens (tertiary/aromatic N) is 2. The van der Waals surface area contributed by atoms with Crippen molar-refractivity contribution in [2.75, 3.05) is 23.9 Å². The van der Waals surface area contributed by atoms with Crippen LogP contribution in [-0.2, 0) is 11.3 Å². The zero-order valence-electron chi connectivity index (χ0n) is 16.2. The third-order valence-electron chi connectivity index (χ3n) is 4.42. The zero-order valence-corrected chi connectivity index (χ0v) is 16.2. The normalized spacial score (nSPS) is 10.3. The van der Waals surface area contributed by atoms with E-state index in [2.05, 4.69) is 5.32 Å². The van der Waals surface area contributed by atoms with Crippen molar-refractivity contribution in [3.63, 3.8) is 0 Å². The first-order chi connectivity index (χ1) is 14.5. The van der Waals surface area contributed by atoms with Gasteiger partial charge in [0.15, 0.2) is 0 Å². The Morgan fingerprint density at radius 2 is 1.80 bits per heavy atom. The first-order valence-electron chi connectivity index (χ1n) is 9.13. The van der Waals surface area contributed by atoms with Crippen molar-refractivity contribution >= 4 is 23.0 Å². The quantitative estimate of drug-likeness (QED) is 0.441. The molecule has 0 saturated heterocycles. The van der Waals surface area contributed by atoms with Crippen LogP contribution in [0.4, 0.5) is 21.5 Å². The zero-order chi connectivity index (χ0) is 21.5. The van der Waals surface area contributed by atoms with E-state index in [0.717, 1.165) is 23.4 Å². The molecular weight excluding hydrogens is 389 g/mol. The summed E-state index contributed by atoms with van der Waals surface area (Å²) in [6.07, 6.45) is 0. The molecule has 0 atom stereocenters. The summed E-state index contributed by atoms with van der Waals surface area (Å²) in [4.78, 5) is 24.9. The van der Waals surface area contributed by atoms with Crippen molar-refractivity contribution < 1.29 is 18.8 Å². The molecule has 0 bridgehead atoms. The largest absolute Gasteiger partial charge is 0.497 e. The molecule has 1 N–H and O–H groups in total. The molecule has 0 aromatic heterocycles. The van der Waals surface area contributed by atoms with Crippen LogP contribution in [0, 0.1) is 15.9 Å². The topological polar surface area (TPSA) is 84.7 Å². The van der Waals surface area contributed by atoms with Crippen molar-refractivity contribution in [3.05, 3.63) is 94.3 Å². The van der Waals surface area contributed by atoms with Crippen LogP contribution in [0.3, 0.4) is 0 Å². The van der Waals surface area contributed by atoms with Gasteiger partial charge in [-0.2, -0.15) is 0 Å². The van der Waals surface area contributed by atoms with Gasteiger partial charge in [0.2, 0.25) is 5.91 Å². The van der Waals surface area contributed by atoms with Crippen LogP contribution in [-0.4, -0.2) is 24.5 Å². The summed E-state index contributed by atoms with van der Waals surface area (Å²) >= 11 is 0. The van der Waals surface area contributed by atoms with Gasteiger partial charge in [-0.15, -0.1) is 0 Å². The van der Waals surface area contributed by atoms with Crippen LogP contribution >= 0.6 is 0 Å². The number of hydrogen-bond donors (Lipinski definition) is 1. The maximum Gasteiger partial charge on any atom is 0.295 e. The van der Waals surface area contributed by atoms with E-state index < -0.39 is 22.3 Å². The summed E-state index contributed by atoms with van der Waals surface area (Å²) in [7, 11) is 1.57. The number of anilines is 2. The highest BCUT2D eigenvalue weighted by molar-refractivity contribution is 5.96. The average molecular weight is 409 g/mol. The highest BCUT2D eigenvalue weighted by Crippen LogP contribution is 2.26. The average Bonchev–Trinajstić information content (AvgIpc) is 2.75. The Balaban J connectivity index is 1.81. The standard InChI is InChI=1S/C22H20FN3O4/c1-30-19-10-8-18(9-11-19)25(14-16-5-3-2-4-6-16)15-22(27)24-20-12-7-17(23)13-21(20)26(28)29/h2-13H,14-15H2,1H3,(H,24,27). The predicted octanol–water partition coefficient (Wildman–Crippen LogP) is 4.39. The lowest BCUT2D eigenvalue weighted by Crippen LogP contribution is -2.33. The van der Waals surface area contributed by atoms with Crippen LogP contribution in [0.1, 0.15) is 5.56 Å². The van der Waals surface area contributed by atoms with Gasteiger partial charge in [0, 0.05) is 12.2 Å². The minimum atomic E-state index is -0.747. The smallest absolute Gasteiger partial charge is 0.295 e. The van der Waals surface area contributed by atoms with Gasteiger partial charge in [-0.25, -0.2) is 4.39 Å². The Hall–Kier alpha value is -3.94. The van der Waals surface area contributed by atoms with Gasteiger partial charge in [-0.1, -0.05) is 30.3 Å². The fourth-order valence-corrected chi connectivity index (χ4v) is 2.96. The molecule has 0 spiro atoms. The monoisotopic (exact) mass is 409 g/mol. The summed E-state index contributed by atoms with van der Waals surface area (Å²) in [6, 6.07) is 19.9. The fraction of sp³-hybridized carbons (Fsp3) is 0.136. The number of ether oxygens (including phenoxy) is 1. The molecule has 3 rings (SSSR count). The molecule has 3 aromatic carbocycles. The van der Waals surface area contributed by atoms with E-state index in [9.17, 15) is 19.3 Å². The Kier molecular flexibility index (Phi) is 6.59. The van der Waals surface area contributed by atoms with Crippen LogP contribution in [0.25, 0.3) is 0 Å². The van der Waals surface area contributed by atoms with Gasteiger partial charge < -0.3 is 15.0 Å². The molecule has 0 saturated carbocycles. The lowest BCUT2D eigenvalue weighted by molar-refractivity contribution is -0.384. The third kappa shape index (κ3) is 5.32. The number of nitro benzene ring substituents is 1. The van der Waals surface area contributed by atoms with E-state index >= 15 is 0 Å². The molecule has 7 nitrogen and oxygen atoms in total. The number of hydrogen-bond acceptors (Lipinski definition) is 5. The van der Waals surface area contributed by atoms with E-state index in [4.69, 9.17) is 4.74 Å². The molecule has 30 heavy (non-hydrogen) atoms. The number of rotatable bonds is 8. The number of methoxy groups -OCH3 is 1. The number of carbonyl (C=O) groups is 1. The SMILES string of the molecule is COc1ccc(N(CC(=O)Nc2ccc(F)cc2[N+](=O)[O-])Cc2ccccc2)cc1. The second-order valence-electron chi connectivity index (χ2n) is 6.51. The van der Waals surface area contributed by atoms with Crippen molar-refractivity contribution in [2.45, 2.75) is 6.54 Å².